The number of rotatable bonds is 3. The van der Waals surface area contributed by atoms with Gasteiger partial charge < -0.3 is 10.6 Å². The number of hydrogen-bond acceptors (Lipinski definition) is 4. The van der Waals surface area contributed by atoms with Crippen molar-refractivity contribution in [2.45, 2.75) is 6.04 Å². The molecule has 8 heteroatoms. The van der Waals surface area contributed by atoms with E-state index in [9.17, 15) is 13.6 Å². The summed E-state index contributed by atoms with van der Waals surface area (Å²) < 4.78 is 28.0. The van der Waals surface area contributed by atoms with Gasteiger partial charge in [0, 0.05) is 19.2 Å². The Labute approximate surface area is 112 Å². The minimum atomic E-state index is -0.713. The van der Waals surface area contributed by atoms with Crippen molar-refractivity contribution in [1.29, 1.82) is 0 Å². The maximum Gasteiger partial charge on any atom is 0.277 e. The molecule has 1 aliphatic heterocycles. The molecular weight excluding hydrogens is 268 g/mol. The lowest BCUT2D eigenvalue weighted by molar-refractivity contribution is 0.102. The molecule has 2 heterocycles. The third-order valence-corrected chi connectivity index (χ3v) is 3.05. The summed E-state index contributed by atoms with van der Waals surface area (Å²) in [6.07, 6.45) is 1.48. The first-order chi connectivity index (χ1) is 9.63. The molecule has 0 radical (unpaired) electrons. The first-order valence-corrected chi connectivity index (χ1v) is 6.02. The Morgan fingerprint density at radius 1 is 1.40 bits per heavy atom. The van der Waals surface area contributed by atoms with Gasteiger partial charge in [-0.1, -0.05) is 5.21 Å². The average molecular weight is 279 g/mol. The van der Waals surface area contributed by atoms with E-state index in [1.54, 1.807) is 4.68 Å². The minimum absolute atomic E-state index is 0.0561. The van der Waals surface area contributed by atoms with Crippen LogP contribution < -0.4 is 10.6 Å². The Bertz CT molecular complexity index is 653. The molecule has 1 fully saturated rings. The van der Waals surface area contributed by atoms with Gasteiger partial charge in [-0.2, -0.15) is 0 Å². The monoisotopic (exact) mass is 279 g/mol. The van der Waals surface area contributed by atoms with E-state index in [0.717, 1.165) is 31.3 Å². The summed E-state index contributed by atoms with van der Waals surface area (Å²) in [6.45, 7) is 1.53. The van der Waals surface area contributed by atoms with Crippen LogP contribution in [-0.2, 0) is 0 Å². The smallest absolute Gasteiger partial charge is 0.277 e. The van der Waals surface area contributed by atoms with Crippen LogP contribution in [0.5, 0.6) is 0 Å². The molecule has 0 spiro atoms. The van der Waals surface area contributed by atoms with Crippen molar-refractivity contribution in [2.75, 3.05) is 18.4 Å². The molecule has 1 aromatic carbocycles. The van der Waals surface area contributed by atoms with Crippen molar-refractivity contribution >= 4 is 11.6 Å². The van der Waals surface area contributed by atoms with Crippen LogP contribution in [-0.4, -0.2) is 34.0 Å². The van der Waals surface area contributed by atoms with Gasteiger partial charge in [-0.15, -0.1) is 5.10 Å². The highest BCUT2D eigenvalue weighted by Crippen LogP contribution is 2.16. The molecule has 0 bridgehead atoms. The highest BCUT2D eigenvalue weighted by atomic mass is 19.1. The number of aromatic nitrogens is 3. The summed E-state index contributed by atoms with van der Waals surface area (Å²) in [6, 6.07) is 3.01. The number of carbonyl (C=O) groups excluding carboxylic acids is 1. The lowest BCUT2D eigenvalue weighted by Crippen LogP contribution is -2.43. The van der Waals surface area contributed by atoms with Crippen molar-refractivity contribution in [3.05, 3.63) is 41.7 Å². The number of anilines is 1. The van der Waals surface area contributed by atoms with Crippen LogP contribution >= 0.6 is 0 Å². The van der Waals surface area contributed by atoms with E-state index in [0.29, 0.717) is 0 Å². The van der Waals surface area contributed by atoms with Gasteiger partial charge in [-0.25, -0.2) is 13.5 Å². The minimum Gasteiger partial charge on any atom is -0.318 e. The van der Waals surface area contributed by atoms with Crippen LogP contribution in [0, 0.1) is 11.6 Å². The molecule has 0 aliphatic carbocycles. The maximum absolute atomic E-state index is 13.4. The zero-order valence-electron chi connectivity index (χ0n) is 10.3. The number of carbonyl (C=O) groups is 1. The van der Waals surface area contributed by atoms with Gasteiger partial charge in [-0.05, 0) is 12.1 Å². The summed E-state index contributed by atoms with van der Waals surface area (Å²) in [5.41, 5.74) is -0.171. The predicted molar refractivity (Wildman–Crippen MR) is 66.2 cm³/mol. The van der Waals surface area contributed by atoms with Crippen molar-refractivity contribution in [1.82, 2.24) is 20.3 Å². The lowest BCUT2D eigenvalue weighted by Gasteiger charge is -2.26. The highest BCUT2D eigenvalue weighted by molar-refractivity contribution is 6.02. The molecule has 2 aromatic rings. The topological polar surface area (TPSA) is 71.8 Å². The zero-order chi connectivity index (χ0) is 14.1. The average Bonchev–Trinajstić information content (AvgIpc) is 2.81. The Hall–Kier alpha value is -2.35. The number of amides is 1. The van der Waals surface area contributed by atoms with Crippen LogP contribution in [0.15, 0.2) is 24.4 Å². The fourth-order valence-electron chi connectivity index (χ4n) is 1.80. The fraction of sp³-hybridized carbons (Fsp3) is 0.250. The molecule has 20 heavy (non-hydrogen) atoms. The van der Waals surface area contributed by atoms with Crippen LogP contribution in [0.4, 0.5) is 14.5 Å². The summed E-state index contributed by atoms with van der Waals surface area (Å²) in [4.78, 5) is 11.9. The Morgan fingerprint density at radius 2 is 2.20 bits per heavy atom. The largest absolute Gasteiger partial charge is 0.318 e. The molecule has 1 aliphatic rings. The standard InChI is InChI=1S/C12H11F2N5O/c13-7-1-2-9(14)10(3-7)16-12(20)11-6-19(18-17-11)8-4-15-5-8/h1-3,6,8,15H,4-5H2,(H,16,20). The van der Waals surface area contributed by atoms with Crippen molar-refractivity contribution in [3.8, 4) is 0 Å². The number of benzene rings is 1. The molecule has 104 valence electrons. The van der Waals surface area contributed by atoms with E-state index in [-0.39, 0.29) is 17.4 Å². The summed E-state index contributed by atoms with van der Waals surface area (Å²) in [7, 11) is 0. The van der Waals surface area contributed by atoms with Gasteiger partial charge in [0.25, 0.3) is 5.91 Å². The first kappa shape index (κ1) is 12.7. The van der Waals surface area contributed by atoms with Gasteiger partial charge in [0.05, 0.1) is 17.9 Å². The van der Waals surface area contributed by atoms with Crippen LogP contribution in [0.3, 0.4) is 0 Å². The van der Waals surface area contributed by atoms with E-state index in [4.69, 9.17) is 0 Å². The van der Waals surface area contributed by atoms with E-state index in [1.165, 1.54) is 6.20 Å². The van der Waals surface area contributed by atoms with E-state index in [2.05, 4.69) is 20.9 Å². The number of hydrogen-bond donors (Lipinski definition) is 2. The molecular formula is C12H11F2N5O. The molecule has 0 atom stereocenters. The molecule has 0 unspecified atom stereocenters. The van der Waals surface area contributed by atoms with Gasteiger partial charge in [0.2, 0.25) is 0 Å². The van der Waals surface area contributed by atoms with Crippen LogP contribution in [0.25, 0.3) is 0 Å². The maximum atomic E-state index is 13.4. The summed E-state index contributed by atoms with van der Waals surface area (Å²) in [5.74, 6) is -1.98. The van der Waals surface area contributed by atoms with Crippen molar-refractivity contribution in [2.24, 2.45) is 0 Å². The Morgan fingerprint density at radius 3 is 2.90 bits per heavy atom. The van der Waals surface area contributed by atoms with Gasteiger partial charge >= 0.3 is 0 Å². The molecule has 1 aromatic heterocycles. The molecule has 1 amide bonds. The third-order valence-electron chi connectivity index (χ3n) is 3.05. The Balaban J connectivity index is 1.75. The number of nitrogens with one attached hydrogen (secondary N) is 2. The van der Waals surface area contributed by atoms with Crippen LogP contribution in [0.1, 0.15) is 16.5 Å². The number of nitrogens with zero attached hydrogens (tertiary/aromatic N) is 3. The van der Waals surface area contributed by atoms with Crippen molar-refractivity contribution in [3.63, 3.8) is 0 Å². The Kier molecular flexibility index (Phi) is 3.15. The predicted octanol–water partition coefficient (Wildman–Crippen LogP) is 0.953. The summed E-state index contributed by atoms with van der Waals surface area (Å²) >= 11 is 0. The second-order valence-corrected chi connectivity index (χ2v) is 4.47. The molecule has 3 rings (SSSR count). The van der Waals surface area contributed by atoms with Crippen molar-refractivity contribution < 1.29 is 13.6 Å². The summed E-state index contributed by atoms with van der Waals surface area (Å²) in [5, 5.41) is 12.9. The van der Waals surface area contributed by atoms with Gasteiger partial charge in [0.1, 0.15) is 11.6 Å². The second-order valence-electron chi connectivity index (χ2n) is 4.47. The third kappa shape index (κ3) is 2.37. The molecule has 0 saturated carbocycles. The zero-order valence-corrected chi connectivity index (χ0v) is 10.3. The van der Waals surface area contributed by atoms with Gasteiger partial charge in [-0.3, -0.25) is 4.79 Å². The van der Waals surface area contributed by atoms with Crippen LogP contribution in [0.2, 0.25) is 0 Å². The highest BCUT2D eigenvalue weighted by Gasteiger charge is 2.22. The van der Waals surface area contributed by atoms with E-state index in [1.807, 2.05) is 0 Å². The fourth-order valence-corrected chi connectivity index (χ4v) is 1.80. The molecule has 1 saturated heterocycles. The molecule has 2 N–H and O–H groups in total. The second kappa shape index (κ2) is 4.97. The quantitative estimate of drug-likeness (QED) is 0.877. The number of halogens is 2. The molecule has 6 nitrogen and oxygen atoms in total. The van der Waals surface area contributed by atoms with E-state index >= 15 is 0 Å². The van der Waals surface area contributed by atoms with E-state index < -0.39 is 17.5 Å². The normalized spacial score (nSPS) is 14.9. The lowest BCUT2D eigenvalue weighted by atomic mass is 10.2. The van der Waals surface area contributed by atoms with Gasteiger partial charge in [0.15, 0.2) is 5.69 Å². The SMILES string of the molecule is O=C(Nc1cc(F)ccc1F)c1cn(C2CNC2)nn1. The first-order valence-electron chi connectivity index (χ1n) is 6.02.